The molecule has 4 nitrogen and oxygen atoms in total. The first-order valence-corrected chi connectivity index (χ1v) is 6.89. The predicted octanol–water partition coefficient (Wildman–Crippen LogP) is 3.22. The van der Waals surface area contributed by atoms with E-state index in [9.17, 15) is 5.11 Å². The highest BCUT2D eigenvalue weighted by atomic mass is 35.5. The van der Waals surface area contributed by atoms with E-state index < -0.39 is 0 Å². The van der Waals surface area contributed by atoms with Crippen LogP contribution in [0.4, 0.5) is 0 Å². The fourth-order valence-electron chi connectivity index (χ4n) is 2.69. The minimum Gasteiger partial charge on any atom is -0.391 e. The van der Waals surface area contributed by atoms with Gasteiger partial charge >= 0.3 is 0 Å². The summed E-state index contributed by atoms with van der Waals surface area (Å²) in [5.74, 6) is 0. The number of hydrogen-bond acceptors (Lipinski definition) is 3. The summed E-state index contributed by atoms with van der Waals surface area (Å²) in [7, 11) is 0. The molecule has 1 fully saturated rings. The van der Waals surface area contributed by atoms with Gasteiger partial charge in [-0.3, -0.25) is 4.57 Å². The SMILES string of the molecule is OC1CCCCC1n1c(=S)[nH]c2cc(Cl)cnc21. The molecule has 18 heavy (non-hydrogen) atoms. The molecule has 6 heteroatoms. The number of imidazole rings is 1. The third-order valence-corrected chi connectivity index (χ3v) is 4.05. The van der Waals surface area contributed by atoms with Crippen molar-refractivity contribution < 1.29 is 5.11 Å². The van der Waals surface area contributed by atoms with Crippen LogP contribution in [0.25, 0.3) is 11.2 Å². The van der Waals surface area contributed by atoms with E-state index in [0.717, 1.165) is 36.8 Å². The summed E-state index contributed by atoms with van der Waals surface area (Å²) in [4.78, 5) is 7.44. The summed E-state index contributed by atoms with van der Waals surface area (Å²) >= 11 is 11.3. The second-order valence-electron chi connectivity index (χ2n) is 4.74. The van der Waals surface area contributed by atoms with Crippen LogP contribution >= 0.6 is 23.8 Å². The van der Waals surface area contributed by atoms with Crippen LogP contribution in [-0.4, -0.2) is 25.7 Å². The van der Waals surface area contributed by atoms with Gasteiger partial charge in [-0.1, -0.05) is 24.4 Å². The monoisotopic (exact) mass is 283 g/mol. The summed E-state index contributed by atoms with van der Waals surface area (Å²) in [5, 5.41) is 10.7. The van der Waals surface area contributed by atoms with Crippen LogP contribution in [0.2, 0.25) is 5.02 Å². The molecule has 1 saturated carbocycles. The van der Waals surface area contributed by atoms with Gasteiger partial charge in [-0.15, -0.1) is 0 Å². The average molecular weight is 284 g/mol. The van der Waals surface area contributed by atoms with Gasteiger partial charge in [-0.2, -0.15) is 0 Å². The van der Waals surface area contributed by atoms with Gasteiger partial charge in [-0.25, -0.2) is 4.98 Å². The van der Waals surface area contributed by atoms with Crippen molar-refractivity contribution in [2.24, 2.45) is 0 Å². The molecule has 2 aromatic rings. The molecule has 2 N–H and O–H groups in total. The number of fused-ring (bicyclic) bond motifs is 1. The number of aliphatic hydroxyl groups is 1. The van der Waals surface area contributed by atoms with Crippen molar-refractivity contribution in [2.45, 2.75) is 37.8 Å². The van der Waals surface area contributed by atoms with Crippen molar-refractivity contribution in [3.63, 3.8) is 0 Å². The molecule has 0 saturated heterocycles. The highest BCUT2D eigenvalue weighted by Crippen LogP contribution is 2.31. The molecule has 2 aromatic heterocycles. The predicted molar refractivity (Wildman–Crippen MR) is 73.4 cm³/mol. The summed E-state index contributed by atoms with van der Waals surface area (Å²) < 4.78 is 2.54. The minimum atomic E-state index is -0.345. The fourth-order valence-corrected chi connectivity index (χ4v) is 3.18. The normalized spacial score (nSPS) is 24.6. The second kappa shape index (κ2) is 4.64. The van der Waals surface area contributed by atoms with Crippen LogP contribution in [-0.2, 0) is 0 Å². The second-order valence-corrected chi connectivity index (χ2v) is 5.57. The van der Waals surface area contributed by atoms with Crippen LogP contribution in [0.15, 0.2) is 12.3 Å². The Morgan fingerprint density at radius 1 is 1.44 bits per heavy atom. The standard InChI is InChI=1S/C12H14ClN3OS/c13-7-5-8-11(14-6-7)16(12(18)15-8)9-3-1-2-4-10(9)17/h5-6,9-10,17H,1-4H2,(H,15,18). The molecule has 0 radical (unpaired) electrons. The largest absolute Gasteiger partial charge is 0.391 e. The van der Waals surface area contributed by atoms with Crippen LogP contribution in [0.3, 0.4) is 0 Å². The average Bonchev–Trinajstić information content (AvgIpc) is 2.65. The topological polar surface area (TPSA) is 53.8 Å². The van der Waals surface area contributed by atoms with Crippen LogP contribution < -0.4 is 0 Å². The highest BCUT2D eigenvalue weighted by Gasteiger charge is 2.26. The summed E-state index contributed by atoms with van der Waals surface area (Å²) in [5.41, 5.74) is 1.60. The van der Waals surface area contributed by atoms with Gasteiger partial charge < -0.3 is 10.1 Å². The Kier molecular flexibility index (Phi) is 3.13. The third kappa shape index (κ3) is 1.96. The summed E-state index contributed by atoms with van der Waals surface area (Å²) in [6.07, 6.45) is 5.22. The van der Waals surface area contributed by atoms with E-state index in [4.69, 9.17) is 23.8 Å². The number of pyridine rings is 1. The van der Waals surface area contributed by atoms with Gasteiger partial charge in [0.05, 0.1) is 22.7 Å². The Balaban J connectivity index is 2.16. The Bertz CT molecular complexity index is 636. The molecular weight excluding hydrogens is 270 g/mol. The molecule has 96 valence electrons. The Hall–Kier alpha value is -0.910. The van der Waals surface area contributed by atoms with Crippen molar-refractivity contribution in [1.29, 1.82) is 0 Å². The molecule has 1 aliphatic carbocycles. The van der Waals surface area contributed by atoms with E-state index in [-0.39, 0.29) is 12.1 Å². The van der Waals surface area contributed by atoms with E-state index >= 15 is 0 Å². The van der Waals surface area contributed by atoms with Gasteiger partial charge in [0.15, 0.2) is 10.4 Å². The maximum absolute atomic E-state index is 10.1. The van der Waals surface area contributed by atoms with Crippen LogP contribution in [0.1, 0.15) is 31.7 Å². The Morgan fingerprint density at radius 2 is 2.22 bits per heavy atom. The number of aromatic nitrogens is 3. The zero-order chi connectivity index (χ0) is 12.7. The number of H-pyrrole nitrogens is 1. The smallest absolute Gasteiger partial charge is 0.179 e. The van der Waals surface area contributed by atoms with Gasteiger partial charge in [0.1, 0.15) is 0 Å². The lowest BCUT2D eigenvalue weighted by molar-refractivity contribution is 0.0764. The number of aromatic amines is 1. The van der Waals surface area contributed by atoms with Gasteiger partial charge in [0, 0.05) is 6.20 Å². The van der Waals surface area contributed by atoms with Crippen molar-refractivity contribution in [3.8, 4) is 0 Å². The van der Waals surface area contributed by atoms with Crippen molar-refractivity contribution in [1.82, 2.24) is 14.5 Å². The fraction of sp³-hybridized carbons (Fsp3) is 0.500. The van der Waals surface area contributed by atoms with E-state index in [1.165, 1.54) is 0 Å². The van der Waals surface area contributed by atoms with Crippen molar-refractivity contribution >= 4 is 35.0 Å². The molecule has 3 rings (SSSR count). The number of aliphatic hydroxyl groups excluding tert-OH is 1. The summed E-state index contributed by atoms with van der Waals surface area (Å²) in [6.45, 7) is 0. The van der Waals surface area contributed by atoms with E-state index in [1.807, 2.05) is 10.6 Å². The number of nitrogens with one attached hydrogen (secondary N) is 1. The first kappa shape index (κ1) is 12.1. The third-order valence-electron chi connectivity index (χ3n) is 3.55. The van der Waals surface area contributed by atoms with Crippen LogP contribution in [0, 0.1) is 4.77 Å². The highest BCUT2D eigenvalue weighted by molar-refractivity contribution is 7.71. The molecular formula is C12H14ClN3OS. The molecule has 0 bridgehead atoms. The lowest BCUT2D eigenvalue weighted by atomic mass is 9.92. The molecule has 1 aliphatic rings. The van der Waals surface area contributed by atoms with Gasteiger partial charge in [0.25, 0.3) is 0 Å². The first-order chi connectivity index (χ1) is 8.66. The zero-order valence-corrected chi connectivity index (χ0v) is 11.3. The zero-order valence-electron chi connectivity index (χ0n) is 9.77. The van der Waals surface area contributed by atoms with Gasteiger partial charge in [-0.05, 0) is 31.1 Å². The minimum absolute atomic E-state index is 0.0219. The quantitative estimate of drug-likeness (QED) is 0.790. The van der Waals surface area contributed by atoms with Crippen LogP contribution in [0.5, 0.6) is 0 Å². The summed E-state index contributed by atoms with van der Waals surface area (Å²) in [6, 6.07) is 1.83. The molecule has 0 aliphatic heterocycles. The lowest BCUT2D eigenvalue weighted by Gasteiger charge is -2.28. The molecule has 0 aromatic carbocycles. The number of rotatable bonds is 1. The Morgan fingerprint density at radius 3 is 3.00 bits per heavy atom. The molecule has 2 unspecified atom stereocenters. The van der Waals surface area contributed by atoms with Crippen molar-refractivity contribution in [2.75, 3.05) is 0 Å². The van der Waals surface area contributed by atoms with E-state index in [2.05, 4.69) is 9.97 Å². The molecule has 0 spiro atoms. The maximum atomic E-state index is 10.1. The van der Waals surface area contributed by atoms with Crippen molar-refractivity contribution in [3.05, 3.63) is 22.1 Å². The molecule has 2 heterocycles. The lowest BCUT2D eigenvalue weighted by Crippen LogP contribution is -2.27. The molecule has 0 amide bonds. The maximum Gasteiger partial charge on any atom is 0.179 e. The van der Waals surface area contributed by atoms with Gasteiger partial charge in [0.2, 0.25) is 0 Å². The van der Waals surface area contributed by atoms with E-state index in [1.54, 1.807) is 6.20 Å². The number of hydrogen-bond donors (Lipinski definition) is 2. The Labute approximate surface area is 115 Å². The van der Waals surface area contributed by atoms with E-state index in [0.29, 0.717) is 9.79 Å². The number of halogens is 1. The molecule has 2 atom stereocenters. The first-order valence-electron chi connectivity index (χ1n) is 6.10. The number of nitrogens with zero attached hydrogens (tertiary/aromatic N) is 2.